The molecule has 0 unspecified atom stereocenters. The summed E-state index contributed by atoms with van der Waals surface area (Å²) in [7, 11) is 0. The first-order valence-corrected chi connectivity index (χ1v) is 10.1. The highest BCUT2D eigenvalue weighted by Gasteiger charge is 2.27. The van der Waals surface area contributed by atoms with E-state index in [2.05, 4.69) is 34.5 Å². The molecule has 0 radical (unpaired) electrons. The van der Waals surface area contributed by atoms with Gasteiger partial charge in [0.15, 0.2) is 6.61 Å². The molecule has 1 atom stereocenters. The van der Waals surface area contributed by atoms with Gasteiger partial charge in [0, 0.05) is 24.7 Å². The van der Waals surface area contributed by atoms with E-state index < -0.39 is 0 Å². The first-order chi connectivity index (χ1) is 14.2. The van der Waals surface area contributed by atoms with Gasteiger partial charge in [0.1, 0.15) is 11.5 Å². The third-order valence-corrected chi connectivity index (χ3v) is 5.40. The molecular formula is C23H23ClN2O3. The minimum absolute atomic E-state index is 0.0298. The fourth-order valence-electron chi connectivity index (χ4n) is 3.62. The summed E-state index contributed by atoms with van der Waals surface area (Å²) in [4.78, 5) is 14.7. The van der Waals surface area contributed by atoms with Crippen LogP contribution in [0, 0.1) is 0 Å². The molecule has 0 fully saturated rings. The van der Waals surface area contributed by atoms with Crippen LogP contribution in [-0.2, 0) is 17.8 Å². The number of hydrogen-bond acceptors (Lipinski definition) is 4. The van der Waals surface area contributed by atoms with Crippen LogP contribution in [0.5, 0.6) is 5.75 Å². The van der Waals surface area contributed by atoms with Crippen LogP contribution in [0.3, 0.4) is 0 Å². The Balaban J connectivity index is 1.37. The number of nitrogens with zero attached hydrogens (tertiary/aromatic N) is 1. The molecule has 1 aliphatic heterocycles. The first-order valence-electron chi connectivity index (χ1n) is 9.68. The Labute approximate surface area is 175 Å². The van der Waals surface area contributed by atoms with Crippen molar-refractivity contribution in [3.05, 3.63) is 88.8 Å². The molecule has 0 saturated heterocycles. The van der Waals surface area contributed by atoms with Gasteiger partial charge in [-0.1, -0.05) is 35.9 Å². The molecule has 150 valence electrons. The number of hydrogen-bond donors (Lipinski definition) is 1. The fraction of sp³-hybridized carbons (Fsp3) is 0.261. The SMILES string of the molecule is O=C(COc1ccc(Cl)cc1)NC[C@H](c1ccco1)N1CCc2ccccc2C1. The van der Waals surface area contributed by atoms with E-state index >= 15 is 0 Å². The predicted molar refractivity (Wildman–Crippen MR) is 112 cm³/mol. The van der Waals surface area contributed by atoms with Crippen molar-refractivity contribution in [1.29, 1.82) is 0 Å². The van der Waals surface area contributed by atoms with E-state index in [4.69, 9.17) is 20.8 Å². The average molecular weight is 411 g/mol. The van der Waals surface area contributed by atoms with E-state index in [0.717, 1.165) is 25.3 Å². The molecule has 6 heteroatoms. The maximum atomic E-state index is 12.3. The number of nitrogens with one attached hydrogen (secondary N) is 1. The summed E-state index contributed by atoms with van der Waals surface area (Å²) >= 11 is 5.86. The van der Waals surface area contributed by atoms with Crippen molar-refractivity contribution < 1.29 is 13.9 Å². The number of amides is 1. The third kappa shape index (κ3) is 5.00. The molecule has 0 saturated carbocycles. The van der Waals surface area contributed by atoms with Crippen LogP contribution in [0.2, 0.25) is 5.02 Å². The zero-order valence-electron chi connectivity index (χ0n) is 16.0. The molecule has 2 aromatic carbocycles. The number of benzene rings is 2. The van der Waals surface area contributed by atoms with Crippen LogP contribution in [-0.4, -0.2) is 30.5 Å². The number of halogens is 1. The molecule has 1 aromatic heterocycles. The van der Waals surface area contributed by atoms with Crippen LogP contribution in [0.1, 0.15) is 22.9 Å². The molecule has 0 bridgehead atoms. The van der Waals surface area contributed by atoms with E-state index in [9.17, 15) is 4.79 Å². The Bertz CT molecular complexity index is 941. The Hall–Kier alpha value is -2.76. The monoisotopic (exact) mass is 410 g/mol. The first kappa shape index (κ1) is 19.6. The van der Waals surface area contributed by atoms with Gasteiger partial charge in [-0.05, 0) is 53.9 Å². The van der Waals surface area contributed by atoms with Crippen molar-refractivity contribution in [2.75, 3.05) is 19.7 Å². The largest absolute Gasteiger partial charge is 0.484 e. The van der Waals surface area contributed by atoms with Gasteiger partial charge >= 0.3 is 0 Å². The van der Waals surface area contributed by atoms with E-state index in [-0.39, 0.29) is 18.6 Å². The second-order valence-electron chi connectivity index (χ2n) is 7.07. The van der Waals surface area contributed by atoms with E-state index in [1.54, 1.807) is 30.5 Å². The number of carbonyl (C=O) groups excluding carboxylic acids is 1. The maximum absolute atomic E-state index is 12.3. The average Bonchev–Trinajstić information content (AvgIpc) is 3.28. The summed E-state index contributed by atoms with van der Waals surface area (Å²) in [6, 6.07) is 19.3. The van der Waals surface area contributed by atoms with Crippen LogP contribution in [0.15, 0.2) is 71.3 Å². The molecule has 1 aliphatic rings. The number of furan rings is 1. The highest BCUT2D eigenvalue weighted by molar-refractivity contribution is 6.30. The summed E-state index contributed by atoms with van der Waals surface area (Å²) < 4.78 is 11.2. The van der Waals surface area contributed by atoms with Crippen molar-refractivity contribution in [1.82, 2.24) is 10.2 Å². The predicted octanol–water partition coefficient (Wildman–Crippen LogP) is 4.23. The molecule has 4 rings (SSSR count). The highest BCUT2D eigenvalue weighted by Crippen LogP contribution is 2.27. The van der Waals surface area contributed by atoms with E-state index in [0.29, 0.717) is 17.3 Å². The summed E-state index contributed by atoms with van der Waals surface area (Å²) in [5, 5.41) is 3.61. The molecule has 1 N–H and O–H groups in total. The molecule has 29 heavy (non-hydrogen) atoms. The van der Waals surface area contributed by atoms with Gasteiger partial charge in [-0.15, -0.1) is 0 Å². The molecule has 0 spiro atoms. The Kier molecular flexibility index (Phi) is 6.17. The van der Waals surface area contributed by atoms with Gasteiger partial charge in [0.05, 0.1) is 12.3 Å². The van der Waals surface area contributed by atoms with Crippen molar-refractivity contribution in [2.45, 2.75) is 19.0 Å². The van der Waals surface area contributed by atoms with Gasteiger partial charge in [-0.25, -0.2) is 0 Å². The Morgan fingerprint density at radius 1 is 1.10 bits per heavy atom. The lowest BCUT2D eigenvalue weighted by atomic mass is 9.98. The lowest BCUT2D eigenvalue weighted by Gasteiger charge is -2.34. The Morgan fingerprint density at radius 2 is 1.90 bits per heavy atom. The third-order valence-electron chi connectivity index (χ3n) is 5.15. The summed E-state index contributed by atoms with van der Waals surface area (Å²) in [5.41, 5.74) is 2.72. The van der Waals surface area contributed by atoms with Crippen LogP contribution < -0.4 is 10.1 Å². The maximum Gasteiger partial charge on any atom is 0.258 e. The van der Waals surface area contributed by atoms with Gasteiger partial charge in [-0.2, -0.15) is 0 Å². The van der Waals surface area contributed by atoms with Crippen molar-refractivity contribution >= 4 is 17.5 Å². The van der Waals surface area contributed by atoms with Crippen molar-refractivity contribution in [3.63, 3.8) is 0 Å². The number of carbonyl (C=O) groups is 1. The standard InChI is InChI=1S/C23H23ClN2O3/c24-19-7-9-20(10-8-19)29-16-23(27)25-14-21(22-6-3-13-28-22)26-12-11-17-4-1-2-5-18(17)15-26/h1-10,13,21H,11-12,14-16H2,(H,25,27)/t21-/m1/s1. The van der Waals surface area contributed by atoms with Crippen molar-refractivity contribution in [3.8, 4) is 5.75 Å². The normalized spacial score (nSPS) is 14.8. The smallest absolute Gasteiger partial charge is 0.258 e. The van der Waals surface area contributed by atoms with E-state index in [1.165, 1.54) is 11.1 Å². The lowest BCUT2D eigenvalue weighted by molar-refractivity contribution is -0.123. The molecule has 0 aliphatic carbocycles. The number of fused-ring (bicyclic) bond motifs is 1. The molecule has 1 amide bonds. The number of rotatable bonds is 7. The van der Waals surface area contributed by atoms with Crippen LogP contribution in [0.4, 0.5) is 0 Å². The molecule has 5 nitrogen and oxygen atoms in total. The highest BCUT2D eigenvalue weighted by atomic mass is 35.5. The van der Waals surface area contributed by atoms with Gasteiger partial charge < -0.3 is 14.5 Å². The zero-order valence-corrected chi connectivity index (χ0v) is 16.8. The molecule has 3 aromatic rings. The summed E-state index contributed by atoms with van der Waals surface area (Å²) in [5.74, 6) is 1.29. The van der Waals surface area contributed by atoms with Crippen molar-refractivity contribution in [2.24, 2.45) is 0 Å². The second kappa shape index (κ2) is 9.16. The Morgan fingerprint density at radius 3 is 2.66 bits per heavy atom. The minimum atomic E-state index is -0.172. The number of ether oxygens (including phenoxy) is 1. The molecule has 2 heterocycles. The van der Waals surface area contributed by atoms with Gasteiger partial charge in [-0.3, -0.25) is 9.69 Å². The topological polar surface area (TPSA) is 54.7 Å². The zero-order chi connectivity index (χ0) is 20.1. The van der Waals surface area contributed by atoms with Gasteiger partial charge in [0.2, 0.25) is 0 Å². The fourth-order valence-corrected chi connectivity index (χ4v) is 3.74. The summed E-state index contributed by atoms with van der Waals surface area (Å²) in [6.07, 6.45) is 2.66. The minimum Gasteiger partial charge on any atom is -0.484 e. The van der Waals surface area contributed by atoms with E-state index in [1.807, 2.05) is 12.1 Å². The quantitative estimate of drug-likeness (QED) is 0.633. The van der Waals surface area contributed by atoms with Crippen LogP contribution in [0.25, 0.3) is 0 Å². The second-order valence-corrected chi connectivity index (χ2v) is 7.50. The van der Waals surface area contributed by atoms with Gasteiger partial charge in [0.25, 0.3) is 5.91 Å². The van der Waals surface area contributed by atoms with Crippen LogP contribution >= 0.6 is 11.6 Å². The molecular weight excluding hydrogens is 388 g/mol. The lowest BCUT2D eigenvalue weighted by Crippen LogP contribution is -2.41. The summed E-state index contributed by atoms with van der Waals surface area (Å²) in [6.45, 7) is 2.16.